The quantitative estimate of drug-likeness (QED) is 0.0211. The minimum Gasteiger partial charge on any atom is -0.481 e. The fraction of sp³-hybridized carbons (Fsp3) is 0.633. The average Bonchev–Trinajstić information content (AvgIpc) is 3.06. The normalized spacial score (nSPS) is 13.3. The van der Waals surface area contributed by atoms with Crippen LogP contribution in [-0.2, 0) is 43.2 Å². The van der Waals surface area contributed by atoms with E-state index in [-0.39, 0.29) is 57.1 Å². The van der Waals surface area contributed by atoms with Crippen LogP contribution in [0.2, 0.25) is 0 Å². The van der Waals surface area contributed by atoms with Gasteiger partial charge in [-0.25, -0.2) is 0 Å². The molecule has 0 aliphatic heterocycles. The van der Waals surface area contributed by atoms with Crippen molar-refractivity contribution in [3.63, 3.8) is 0 Å². The number of hydrogen-bond donors (Lipinski definition) is 14. The molecule has 0 saturated heterocycles. The van der Waals surface area contributed by atoms with Crippen LogP contribution in [0.25, 0.3) is 0 Å². The molecule has 18 N–H and O–H groups in total. The second-order valence-corrected chi connectivity index (χ2v) is 12.1. The maximum Gasteiger partial charge on any atom is 0.303 e. The molecular formula is C30H53N13O11. The van der Waals surface area contributed by atoms with Crippen molar-refractivity contribution in [2.75, 3.05) is 20.1 Å². The molecule has 0 aromatic carbocycles. The summed E-state index contributed by atoms with van der Waals surface area (Å²) in [7, 11) is 1.12. The number of carboxylic acid groups (broad SMARTS) is 2. The van der Waals surface area contributed by atoms with Gasteiger partial charge in [-0.1, -0.05) is 0 Å². The monoisotopic (exact) mass is 771 g/mol. The number of carboxylic acids is 2. The van der Waals surface area contributed by atoms with Crippen LogP contribution < -0.4 is 54.8 Å². The third-order valence-electron chi connectivity index (χ3n) is 7.65. The molecular weight excluding hydrogens is 718 g/mol. The van der Waals surface area contributed by atoms with E-state index < -0.39 is 116 Å². The summed E-state index contributed by atoms with van der Waals surface area (Å²) in [6.07, 6.45) is -2.61. The van der Waals surface area contributed by atoms with Gasteiger partial charge < -0.3 is 69.9 Å². The lowest BCUT2D eigenvalue weighted by molar-refractivity contribution is -0.144. The van der Waals surface area contributed by atoms with Gasteiger partial charge in [0.15, 0.2) is 11.9 Å². The van der Waals surface area contributed by atoms with Crippen LogP contribution in [0.4, 0.5) is 0 Å². The first-order chi connectivity index (χ1) is 25.2. The summed E-state index contributed by atoms with van der Waals surface area (Å²) >= 11 is 0. The summed E-state index contributed by atoms with van der Waals surface area (Å²) in [6.45, 7) is 1.34. The molecule has 0 aliphatic rings. The zero-order valence-electron chi connectivity index (χ0n) is 30.2. The highest BCUT2D eigenvalue weighted by Crippen LogP contribution is 2.13. The third-order valence-corrected chi connectivity index (χ3v) is 7.65. The lowest BCUT2D eigenvalue weighted by Crippen LogP contribution is -2.59. The van der Waals surface area contributed by atoms with Gasteiger partial charge in [0, 0.05) is 46.3 Å². The van der Waals surface area contributed by atoms with Gasteiger partial charge in [-0.05, 0) is 44.9 Å². The van der Waals surface area contributed by atoms with E-state index in [1.54, 1.807) is 0 Å². The Balaban J connectivity index is 6.47. The number of carbonyl (C=O) groups is 9. The summed E-state index contributed by atoms with van der Waals surface area (Å²) in [5.74, 6) is -9.68. The topological polar surface area (TPSA) is 421 Å². The fourth-order valence-corrected chi connectivity index (χ4v) is 4.91. The molecule has 54 heavy (non-hydrogen) atoms. The third kappa shape index (κ3) is 20.6. The maximum atomic E-state index is 13.8. The van der Waals surface area contributed by atoms with Crippen molar-refractivity contribution in [2.24, 2.45) is 22.9 Å². The van der Waals surface area contributed by atoms with Crippen molar-refractivity contribution in [3.8, 4) is 0 Å². The Hall–Kier alpha value is -6.23. The smallest absolute Gasteiger partial charge is 0.303 e. The first kappa shape index (κ1) is 47.8. The van der Waals surface area contributed by atoms with Crippen LogP contribution in [0.3, 0.4) is 0 Å². The van der Waals surface area contributed by atoms with Crippen molar-refractivity contribution in [2.45, 2.75) is 101 Å². The lowest BCUT2D eigenvalue weighted by Gasteiger charge is -2.32. The van der Waals surface area contributed by atoms with Crippen LogP contribution in [0.5, 0.6) is 0 Å². The highest BCUT2D eigenvalue weighted by atomic mass is 16.4. The van der Waals surface area contributed by atoms with E-state index in [2.05, 4.69) is 31.9 Å². The average molecular weight is 772 g/mol. The minimum absolute atomic E-state index is 0.0228. The molecule has 0 aromatic heterocycles. The highest BCUT2D eigenvalue weighted by Gasteiger charge is 2.36. The SMILES string of the molecule is CC(=O)NC(CCC(=O)O)C(=O)NC(CCC(=O)O)C(=O)N(C)C(CCC(N)=O)C(=O)NC(CCCNC(=N)N)C(=O)NC(CCCNC(=N)N)C(N)=O. The summed E-state index contributed by atoms with van der Waals surface area (Å²) in [6, 6.07) is -7.22. The second-order valence-electron chi connectivity index (χ2n) is 12.1. The van der Waals surface area contributed by atoms with Crippen molar-refractivity contribution in [1.82, 2.24) is 36.8 Å². The molecule has 0 aromatic rings. The van der Waals surface area contributed by atoms with Crippen LogP contribution in [-0.4, -0.2) is 131 Å². The van der Waals surface area contributed by atoms with Gasteiger partial charge in [-0.3, -0.25) is 54.0 Å². The van der Waals surface area contributed by atoms with Gasteiger partial charge >= 0.3 is 11.9 Å². The Labute approximate surface area is 310 Å². The van der Waals surface area contributed by atoms with E-state index in [9.17, 15) is 48.3 Å². The number of likely N-dealkylation sites (N-methyl/N-ethyl adjacent to an activating group) is 1. The van der Waals surface area contributed by atoms with Crippen LogP contribution in [0, 0.1) is 10.8 Å². The molecule has 0 bridgehead atoms. The Morgan fingerprint density at radius 3 is 1.44 bits per heavy atom. The molecule has 0 radical (unpaired) electrons. The summed E-state index contributed by atoms with van der Waals surface area (Å²) in [5, 5.41) is 47.5. The number of rotatable bonds is 27. The number of guanidine groups is 2. The van der Waals surface area contributed by atoms with Crippen molar-refractivity contribution >= 4 is 65.2 Å². The Morgan fingerprint density at radius 2 is 1.02 bits per heavy atom. The Bertz CT molecular complexity index is 1390. The van der Waals surface area contributed by atoms with Gasteiger partial charge in [0.2, 0.25) is 41.4 Å². The molecule has 0 heterocycles. The van der Waals surface area contributed by atoms with Gasteiger partial charge in [0.25, 0.3) is 0 Å². The van der Waals surface area contributed by atoms with E-state index in [0.717, 1.165) is 18.9 Å². The van der Waals surface area contributed by atoms with Crippen LogP contribution in [0.15, 0.2) is 0 Å². The summed E-state index contributed by atoms with van der Waals surface area (Å²) in [4.78, 5) is 113. The van der Waals surface area contributed by atoms with Gasteiger partial charge in [-0.15, -0.1) is 0 Å². The molecule has 5 unspecified atom stereocenters. The van der Waals surface area contributed by atoms with Crippen LogP contribution in [0.1, 0.15) is 71.1 Å². The minimum atomic E-state index is -1.63. The van der Waals surface area contributed by atoms with Crippen LogP contribution >= 0.6 is 0 Å². The Morgan fingerprint density at radius 1 is 0.593 bits per heavy atom. The standard InChI is InChI=1S/C30H53N13O11/c1-15(44)39-18(7-11-22(46)47)26(52)42-19(8-12-23(48)49)28(54)43(2)20(9-10-21(31)45)27(53)41-17(6-4-14-38-30(35)36)25(51)40-16(24(32)50)5-3-13-37-29(33)34/h16-20H,3-14H2,1-2H3,(H2,31,45)(H2,32,50)(H,39,44)(H,40,51)(H,41,53)(H,42,52)(H,46,47)(H,48,49)(H4,33,34,37)(H4,35,36,38). The van der Waals surface area contributed by atoms with E-state index in [0.29, 0.717) is 0 Å². The fourth-order valence-electron chi connectivity index (χ4n) is 4.91. The number of nitrogens with two attached hydrogens (primary N) is 4. The molecule has 24 heteroatoms. The largest absolute Gasteiger partial charge is 0.481 e. The molecule has 0 rings (SSSR count). The highest BCUT2D eigenvalue weighted by molar-refractivity contribution is 5.96. The molecule has 5 atom stereocenters. The van der Waals surface area contributed by atoms with E-state index in [1.807, 2.05) is 0 Å². The number of amides is 7. The summed E-state index contributed by atoms with van der Waals surface area (Å²) in [5.41, 5.74) is 21.3. The lowest BCUT2D eigenvalue weighted by atomic mass is 10.0. The molecule has 0 saturated carbocycles. The van der Waals surface area contributed by atoms with Crippen molar-refractivity contribution in [3.05, 3.63) is 0 Å². The molecule has 0 aliphatic carbocycles. The molecule has 0 spiro atoms. The second kappa shape index (κ2) is 24.9. The zero-order valence-corrected chi connectivity index (χ0v) is 30.2. The first-order valence-corrected chi connectivity index (χ1v) is 16.8. The van der Waals surface area contributed by atoms with E-state index in [4.69, 9.17) is 38.9 Å². The van der Waals surface area contributed by atoms with Gasteiger partial charge in [0.05, 0.1) is 0 Å². The van der Waals surface area contributed by atoms with E-state index in [1.165, 1.54) is 0 Å². The van der Waals surface area contributed by atoms with Gasteiger partial charge in [0.1, 0.15) is 30.2 Å². The molecule has 7 amide bonds. The number of nitrogens with zero attached hydrogens (tertiary/aromatic N) is 1. The predicted molar refractivity (Wildman–Crippen MR) is 190 cm³/mol. The number of nitrogens with one attached hydrogen (secondary N) is 8. The number of aliphatic carboxylic acids is 2. The molecule has 24 nitrogen and oxygen atoms in total. The Kier molecular flexibility index (Phi) is 22.0. The van der Waals surface area contributed by atoms with Crippen molar-refractivity contribution < 1.29 is 53.4 Å². The molecule has 0 fully saturated rings. The van der Waals surface area contributed by atoms with Gasteiger partial charge in [-0.2, -0.15) is 0 Å². The maximum absolute atomic E-state index is 13.8. The number of hydrogen-bond acceptors (Lipinski definition) is 11. The first-order valence-electron chi connectivity index (χ1n) is 16.8. The number of primary amides is 2. The predicted octanol–water partition coefficient (Wildman–Crippen LogP) is -5.22. The van der Waals surface area contributed by atoms with Crippen molar-refractivity contribution in [1.29, 1.82) is 10.8 Å². The zero-order chi connectivity index (χ0) is 41.5. The molecule has 304 valence electrons. The summed E-state index contributed by atoms with van der Waals surface area (Å²) < 4.78 is 0. The van der Waals surface area contributed by atoms with E-state index >= 15 is 0 Å². The number of carbonyl (C=O) groups excluding carboxylic acids is 7.